The summed E-state index contributed by atoms with van der Waals surface area (Å²) in [5, 5.41) is 0. The first-order valence-corrected chi connectivity index (χ1v) is 7.00. The molecule has 2 aromatic rings. The minimum Gasteiger partial charge on any atom is -0.293 e. The molecule has 0 aliphatic heterocycles. The number of ketones is 1. The molecule has 0 unspecified atom stereocenters. The van der Waals surface area contributed by atoms with Crippen LogP contribution in [0.25, 0.3) is 0 Å². The molecule has 1 heterocycles. The molecule has 0 amide bonds. The average Bonchev–Trinajstić information content (AvgIpc) is 2.87. The number of hydrogen-bond donors (Lipinski definition) is 0. The quantitative estimate of drug-likeness (QED) is 0.744. The van der Waals surface area contributed by atoms with Gasteiger partial charge in [-0.2, -0.15) is 13.2 Å². The van der Waals surface area contributed by atoms with E-state index in [2.05, 4.69) is 0 Å². The Labute approximate surface area is 119 Å². The van der Waals surface area contributed by atoms with Crippen molar-refractivity contribution in [1.82, 2.24) is 0 Å². The highest BCUT2D eigenvalue weighted by atomic mass is 32.1. The van der Waals surface area contributed by atoms with Crippen molar-refractivity contribution < 1.29 is 18.0 Å². The zero-order valence-corrected chi connectivity index (χ0v) is 11.6. The second kappa shape index (κ2) is 5.79. The molecule has 0 fully saturated rings. The predicted molar refractivity (Wildman–Crippen MR) is 73.2 cm³/mol. The number of rotatable bonds is 4. The van der Waals surface area contributed by atoms with E-state index in [1.165, 1.54) is 23.5 Å². The maximum atomic E-state index is 12.4. The molecule has 0 radical (unpaired) electrons. The zero-order valence-electron chi connectivity index (χ0n) is 10.8. The van der Waals surface area contributed by atoms with E-state index in [9.17, 15) is 18.0 Å². The number of benzene rings is 1. The lowest BCUT2D eigenvalue weighted by molar-refractivity contribution is -0.137. The number of hydrogen-bond acceptors (Lipinski definition) is 2. The van der Waals surface area contributed by atoms with Gasteiger partial charge in [-0.15, -0.1) is 11.3 Å². The minimum atomic E-state index is -4.34. The molecular formula is C15H13F3OS. The van der Waals surface area contributed by atoms with E-state index in [1.54, 1.807) is 6.07 Å². The average molecular weight is 298 g/mol. The van der Waals surface area contributed by atoms with Gasteiger partial charge in [0.1, 0.15) is 0 Å². The smallest absolute Gasteiger partial charge is 0.293 e. The van der Waals surface area contributed by atoms with Crippen molar-refractivity contribution in [1.29, 1.82) is 0 Å². The van der Waals surface area contributed by atoms with Gasteiger partial charge >= 0.3 is 6.18 Å². The van der Waals surface area contributed by atoms with Gasteiger partial charge in [-0.05, 0) is 36.2 Å². The number of Topliss-reactive ketones (excluding diaryl/α,β-unsaturated/α-hetero) is 1. The second-order valence-corrected chi connectivity index (χ2v) is 5.58. The summed E-state index contributed by atoms with van der Waals surface area (Å²) in [5.41, 5.74) is -0.104. The van der Waals surface area contributed by atoms with Crippen LogP contribution in [-0.4, -0.2) is 5.78 Å². The monoisotopic (exact) mass is 298 g/mol. The molecule has 0 bridgehead atoms. The summed E-state index contributed by atoms with van der Waals surface area (Å²) >= 11 is 1.44. The van der Waals surface area contributed by atoms with Gasteiger partial charge in [0.15, 0.2) is 5.78 Å². The minimum absolute atomic E-state index is 0.0607. The van der Waals surface area contributed by atoms with Crippen molar-refractivity contribution in [2.75, 3.05) is 0 Å². The molecule has 0 aliphatic rings. The Morgan fingerprint density at radius 3 is 2.25 bits per heavy atom. The summed E-state index contributed by atoms with van der Waals surface area (Å²) < 4.78 is 37.3. The Bertz CT molecular complexity index is 596. The summed E-state index contributed by atoms with van der Waals surface area (Å²) in [4.78, 5) is 13.8. The number of thiophene rings is 1. The van der Waals surface area contributed by atoms with Crippen LogP contribution in [0.4, 0.5) is 13.2 Å². The Morgan fingerprint density at radius 2 is 1.75 bits per heavy atom. The Kier molecular flexibility index (Phi) is 4.28. The predicted octanol–water partition coefficient (Wildman–Crippen LogP) is 4.75. The van der Waals surface area contributed by atoms with Gasteiger partial charge in [-0.3, -0.25) is 4.79 Å². The standard InChI is InChI=1S/C15H13F3OS/c1-2-12-7-8-14(20-12)13(19)9-10-3-5-11(6-4-10)15(16,17)18/h3-8H,2,9H2,1H3. The van der Waals surface area contributed by atoms with Gasteiger partial charge in [0, 0.05) is 11.3 Å². The van der Waals surface area contributed by atoms with Gasteiger partial charge in [-0.1, -0.05) is 19.1 Å². The van der Waals surface area contributed by atoms with E-state index in [0.717, 1.165) is 23.4 Å². The van der Waals surface area contributed by atoms with Crippen LogP contribution in [0.2, 0.25) is 0 Å². The third-order valence-corrected chi connectivity index (χ3v) is 4.20. The molecule has 0 saturated carbocycles. The molecule has 0 saturated heterocycles. The van der Waals surface area contributed by atoms with E-state index in [4.69, 9.17) is 0 Å². The first-order chi connectivity index (χ1) is 9.40. The largest absolute Gasteiger partial charge is 0.416 e. The van der Waals surface area contributed by atoms with E-state index in [1.807, 2.05) is 13.0 Å². The Balaban J connectivity index is 2.08. The van der Waals surface area contributed by atoms with E-state index in [0.29, 0.717) is 10.4 Å². The molecule has 0 spiro atoms. The summed E-state index contributed by atoms with van der Waals surface area (Å²) in [5.74, 6) is -0.0607. The highest BCUT2D eigenvalue weighted by molar-refractivity contribution is 7.14. The molecule has 1 nitrogen and oxygen atoms in total. The third kappa shape index (κ3) is 3.48. The Morgan fingerprint density at radius 1 is 1.10 bits per heavy atom. The first-order valence-electron chi connectivity index (χ1n) is 6.18. The molecular weight excluding hydrogens is 285 g/mol. The third-order valence-electron chi connectivity index (χ3n) is 2.93. The first kappa shape index (κ1) is 14.8. The number of alkyl halides is 3. The van der Waals surface area contributed by atoms with Crippen LogP contribution < -0.4 is 0 Å². The maximum absolute atomic E-state index is 12.4. The fourth-order valence-electron chi connectivity index (χ4n) is 1.80. The van der Waals surface area contributed by atoms with Crippen LogP contribution >= 0.6 is 11.3 Å². The fraction of sp³-hybridized carbons (Fsp3) is 0.267. The molecule has 2 rings (SSSR count). The van der Waals surface area contributed by atoms with Crippen molar-refractivity contribution in [2.24, 2.45) is 0 Å². The second-order valence-electron chi connectivity index (χ2n) is 4.41. The molecule has 20 heavy (non-hydrogen) atoms. The van der Waals surface area contributed by atoms with Crippen LogP contribution in [0.1, 0.15) is 32.6 Å². The number of carbonyl (C=O) groups is 1. The van der Waals surface area contributed by atoms with Crippen LogP contribution in [0, 0.1) is 0 Å². The van der Waals surface area contributed by atoms with E-state index < -0.39 is 11.7 Å². The Hall–Kier alpha value is -1.62. The lowest BCUT2D eigenvalue weighted by Crippen LogP contribution is -2.06. The molecule has 1 aromatic heterocycles. The van der Waals surface area contributed by atoms with E-state index in [-0.39, 0.29) is 12.2 Å². The molecule has 0 aliphatic carbocycles. The van der Waals surface area contributed by atoms with E-state index >= 15 is 0 Å². The van der Waals surface area contributed by atoms with Crippen molar-refractivity contribution in [3.63, 3.8) is 0 Å². The SMILES string of the molecule is CCc1ccc(C(=O)Cc2ccc(C(F)(F)F)cc2)s1. The van der Waals surface area contributed by atoms with Crippen LogP contribution in [0.15, 0.2) is 36.4 Å². The summed E-state index contributed by atoms with van der Waals surface area (Å²) in [7, 11) is 0. The molecule has 1 aromatic carbocycles. The normalized spacial score (nSPS) is 11.6. The molecule has 106 valence electrons. The highest BCUT2D eigenvalue weighted by Gasteiger charge is 2.29. The fourth-order valence-corrected chi connectivity index (χ4v) is 2.69. The van der Waals surface area contributed by atoms with Crippen LogP contribution in [-0.2, 0) is 19.0 Å². The molecule has 0 N–H and O–H groups in total. The summed E-state index contributed by atoms with van der Waals surface area (Å²) in [6, 6.07) is 8.41. The van der Waals surface area contributed by atoms with Crippen molar-refractivity contribution in [2.45, 2.75) is 25.9 Å². The lowest BCUT2D eigenvalue weighted by atomic mass is 10.1. The topological polar surface area (TPSA) is 17.1 Å². The van der Waals surface area contributed by atoms with Gasteiger partial charge in [0.2, 0.25) is 0 Å². The van der Waals surface area contributed by atoms with Gasteiger partial charge in [0.25, 0.3) is 0 Å². The van der Waals surface area contributed by atoms with Gasteiger partial charge in [-0.25, -0.2) is 0 Å². The molecule has 5 heteroatoms. The number of carbonyl (C=O) groups excluding carboxylic acids is 1. The van der Waals surface area contributed by atoms with Crippen LogP contribution in [0.3, 0.4) is 0 Å². The summed E-state index contributed by atoms with van der Waals surface area (Å²) in [6.07, 6.45) is -3.34. The van der Waals surface area contributed by atoms with Gasteiger partial charge in [0.05, 0.1) is 10.4 Å². The number of halogens is 3. The van der Waals surface area contributed by atoms with Crippen molar-refractivity contribution in [3.05, 3.63) is 57.3 Å². The van der Waals surface area contributed by atoms with Crippen molar-refractivity contribution >= 4 is 17.1 Å². The lowest BCUT2D eigenvalue weighted by Gasteiger charge is -2.07. The highest BCUT2D eigenvalue weighted by Crippen LogP contribution is 2.29. The summed E-state index contributed by atoms with van der Waals surface area (Å²) in [6.45, 7) is 2.01. The van der Waals surface area contributed by atoms with Gasteiger partial charge < -0.3 is 0 Å². The molecule has 0 atom stereocenters. The zero-order chi connectivity index (χ0) is 14.8. The van der Waals surface area contributed by atoms with Crippen molar-refractivity contribution in [3.8, 4) is 0 Å². The maximum Gasteiger partial charge on any atom is 0.416 e. The number of aryl methyl sites for hydroxylation is 1. The van der Waals surface area contributed by atoms with Crippen LogP contribution in [0.5, 0.6) is 0 Å².